The molecule has 0 atom stereocenters. The molecule has 0 unspecified atom stereocenters. The quantitative estimate of drug-likeness (QED) is 0.820. The van der Waals surface area contributed by atoms with Crippen LogP contribution in [-0.4, -0.2) is 24.3 Å². The number of anilines is 1. The van der Waals surface area contributed by atoms with E-state index in [-0.39, 0.29) is 13.0 Å². The summed E-state index contributed by atoms with van der Waals surface area (Å²) in [4.78, 5) is 23.9. The largest absolute Gasteiger partial charge is 0.455 e. The van der Waals surface area contributed by atoms with Crippen LogP contribution in [0.5, 0.6) is 11.5 Å². The molecule has 6 nitrogen and oxygen atoms in total. The normalized spacial score (nSPS) is 16.3. The number of amides is 1. The van der Waals surface area contributed by atoms with Crippen LogP contribution in [0, 0.1) is 0 Å². The fourth-order valence-corrected chi connectivity index (χ4v) is 3.45. The lowest BCUT2D eigenvalue weighted by atomic mass is 10.2. The van der Waals surface area contributed by atoms with Crippen molar-refractivity contribution in [1.29, 1.82) is 0 Å². The summed E-state index contributed by atoms with van der Waals surface area (Å²) in [5.41, 5.74) is 1.43. The molecule has 1 aliphatic carbocycles. The highest BCUT2D eigenvalue weighted by Crippen LogP contribution is 2.47. The smallest absolute Gasteiger partial charge is 0.310 e. The molecule has 0 aromatic heterocycles. The van der Waals surface area contributed by atoms with Crippen LogP contribution in [0.2, 0.25) is 0 Å². The number of ether oxygens (including phenoxy) is 3. The van der Waals surface area contributed by atoms with Crippen LogP contribution in [0.3, 0.4) is 0 Å². The molecule has 1 fully saturated rings. The number of carbonyl (C=O) groups excluding carboxylic acids is 2. The Hall–Kier alpha value is -3.02. The van der Waals surface area contributed by atoms with Gasteiger partial charge in [0.15, 0.2) is 18.1 Å². The van der Waals surface area contributed by atoms with Crippen molar-refractivity contribution in [3.63, 3.8) is 0 Å². The van der Waals surface area contributed by atoms with E-state index in [2.05, 4.69) is 5.32 Å². The zero-order valence-corrected chi connectivity index (χ0v) is 14.9. The number of nitrogens with one attached hydrogen (secondary N) is 1. The lowest BCUT2D eigenvalue weighted by Crippen LogP contribution is -2.34. The van der Waals surface area contributed by atoms with Crippen molar-refractivity contribution in [2.45, 2.75) is 37.9 Å². The van der Waals surface area contributed by atoms with Crippen molar-refractivity contribution in [2.75, 3.05) is 11.9 Å². The summed E-state index contributed by atoms with van der Waals surface area (Å²) in [6.07, 6.45) is 4.07. The van der Waals surface area contributed by atoms with Crippen LogP contribution in [0.1, 0.15) is 31.2 Å². The first kappa shape index (κ1) is 17.4. The predicted molar refractivity (Wildman–Crippen MR) is 98.6 cm³/mol. The Morgan fingerprint density at radius 3 is 2.52 bits per heavy atom. The molecule has 2 aliphatic rings. The minimum Gasteiger partial charge on any atom is -0.455 e. The average molecular weight is 367 g/mol. The molecule has 6 heteroatoms. The lowest BCUT2D eigenvalue weighted by Gasteiger charge is -2.21. The Morgan fingerprint density at radius 1 is 1.00 bits per heavy atom. The van der Waals surface area contributed by atoms with Gasteiger partial charge < -0.3 is 19.5 Å². The summed E-state index contributed by atoms with van der Waals surface area (Å²) in [5, 5.41) is 2.72. The van der Waals surface area contributed by atoms with Gasteiger partial charge in [0.2, 0.25) is 0 Å². The molecule has 1 spiro atoms. The lowest BCUT2D eigenvalue weighted by molar-refractivity contribution is -0.146. The van der Waals surface area contributed by atoms with Crippen molar-refractivity contribution in [3.05, 3.63) is 54.1 Å². The third-order valence-electron chi connectivity index (χ3n) is 4.74. The monoisotopic (exact) mass is 367 g/mol. The molecule has 0 bridgehead atoms. The van der Waals surface area contributed by atoms with Gasteiger partial charge in [0, 0.05) is 24.6 Å². The first-order valence-electron chi connectivity index (χ1n) is 9.13. The molecule has 27 heavy (non-hydrogen) atoms. The summed E-state index contributed by atoms with van der Waals surface area (Å²) in [6, 6.07) is 14.5. The number of carbonyl (C=O) groups is 2. The second-order valence-corrected chi connectivity index (χ2v) is 6.85. The van der Waals surface area contributed by atoms with Gasteiger partial charge in [0.1, 0.15) is 0 Å². The Morgan fingerprint density at radius 2 is 1.74 bits per heavy atom. The number of hydrogen-bond donors (Lipinski definition) is 1. The van der Waals surface area contributed by atoms with Gasteiger partial charge in [-0.1, -0.05) is 30.3 Å². The van der Waals surface area contributed by atoms with Crippen LogP contribution in [0.25, 0.3) is 0 Å². The van der Waals surface area contributed by atoms with E-state index in [1.165, 1.54) is 0 Å². The molecule has 1 amide bonds. The molecule has 140 valence electrons. The number of benzene rings is 2. The van der Waals surface area contributed by atoms with Crippen LogP contribution >= 0.6 is 0 Å². The molecule has 1 saturated carbocycles. The molecular weight excluding hydrogens is 346 g/mol. The highest BCUT2D eigenvalue weighted by molar-refractivity contribution is 5.93. The van der Waals surface area contributed by atoms with Crippen molar-refractivity contribution in [1.82, 2.24) is 0 Å². The second-order valence-electron chi connectivity index (χ2n) is 6.85. The zero-order valence-electron chi connectivity index (χ0n) is 14.9. The van der Waals surface area contributed by atoms with E-state index in [0.717, 1.165) is 31.2 Å². The molecule has 0 saturated heterocycles. The predicted octanol–water partition coefficient (Wildman–Crippen LogP) is 3.45. The average Bonchev–Trinajstić information content (AvgIpc) is 3.26. The summed E-state index contributed by atoms with van der Waals surface area (Å²) in [7, 11) is 0. The summed E-state index contributed by atoms with van der Waals surface area (Å²) >= 11 is 0. The molecule has 0 radical (unpaired) electrons. The van der Waals surface area contributed by atoms with Gasteiger partial charge in [0.25, 0.3) is 11.7 Å². The standard InChI is InChI=1S/C21H21NO5/c23-19(14-25-20(24)12-15-6-2-1-3-7-15)22-16-8-9-17-18(13-16)27-21(26-17)10-4-5-11-21/h1-3,6-9,13H,4-5,10-12,14H2,(H,22,23). The van der Waals surface area contributed by atoms with Crippen molar-refractivity contribution >= 4 is 17.6 Å². The number of esters is 1. The molecule has 4 rings (SSSR count). The van der Waals surface area contributed by atoms with Crippen LogP contribution in [0.4, 0.5) is 5.69 Å². The minimum absolute atomic E-state index is 0.139. The van der Waals surface area contributed by atoms with Crippen LogP contribution in [-0.2, 0) is 20.7 Å². The van der Waals surface area contributed by atoms with E-state index in [1.807, 2.05) is 30.3 Å². The van der Waals surface area contributed by atoms with E-state index in [1.54, 1.807) is 18.2 Å². The van der Waals surface area contributed by atoms with E-state index in [9.17, 15) is 9.59 Å². The molecular formula is C21H21NO5. The molecule has 1 aliphatic heterocycles. The number of hydrogen-bond acceptors (Lipinski definition) is 5. The highest BCUT2D eigenvalue weighted by Gasteiger charge is 2.44. The topological polar surface area (TPSA) is 73.9 Å². The Kier molecular flexibility index (Phi) is 4.71. The third-order valence-corrected chi connectivity index (χ3v) is 4.74. The number of rotatable bonds is 5. The summed E-state index contributed by atoms with van der Waals surface area (Å²) < 4.78 is 17.0. The van der Waals surface area contributed by atoms with Gasteiger partial charge in [-0.3, -0.25) is 9.59 Å². The molecule has 2 aromatic carbocycles. The fourth-order valence-electron chi connectivity index (χ4n) is 3.45. The highest BCUT2D eigenvalue weighted by atomic mass is 16.7. The van der Waals surface area contributed by atoms with E-state index < -0.39 is 17.7 Å². The van der Waals surface area contributed by atoms with Crippen molar-refractivity contribution in [3.8, 4) is 11.5 Å². The molecule has 1 N–H and O–H groups in total. The van der Waals surface area contributed by atoms with Gasteiger partial charge in [-0.05, 0) is 30.5 Å². The second kappa shape index (κ2) is 7.31. The van der Waals surface area contributed by atoms with Gasteiger partial charge in [-0.25, -0.2) is 0 Å². The molecule has 1 heterocycles. The van der Waals surface area contributed by atoms with Crippen LogP contribution < -0.4 is 14.8 Å². The minimum atomic E-state index is -0.530. The summed E-state index contributed by atoms with van der Waals surface area (Å²) in [5.74, 6) is -0.0335. The fraction of sp³-hybridized carbons (Fsp3) is 0.333. The maximum absolute atomic E-state index is 12.1. The third kappa shape index (κ3) is 4.05. The Labute approximate surface area is 157 Å². The number of fused-ring (bicyclic) bond motifs is 1. The Balaban J connectivity index is 1.28. The van der Waals surface area contributed by atoms with Gasteiger partial charge in [-0.2, -0.15) is 0 Å². The van der Waals surface area contributed by atoms with E-state index >= 15 is 0 Å². The molecule has 2 aromatic rings. The maximum atomic E-state index is 12.1. The summed E-state index contributed by atoms with van der Waals surface area (Å²) in [6.45, 7) is -0.329. The first-order valence-corrected chi connectivity index (χ1v) is 9.13. The van der Waals surface area contributed by atoms with Crippen LogP contribution in [0.15, 0.2) is 48.5 Å². The SMILES string of the molecule is O=C(COC(=O)Cc1ccccc1)Nc1ccc2c(c1)OC1(CCCC1)O2. The van der Waals surface area contributed by atoms with Crippen molar-refractivity contribution < 1.29 is 23.8 Å². The van der Waals surface area contributed by atoms with Crippen molar-refractivity contribution in [2.24, 2.45) is 0 Å². The van der Waals surface area contributed by atoms with E-state index in [0.29, 0.717) is 17.2 Å². The Bertz CT molecular complexity index is 843. The maximum Gasteiger partial charge on any atom is 0.310 e. The van der Waals surface area contributed by atoms with Gasteiger partial charge in [0.05, 0.1) is 6.42 Å². The van der Waals surface area contributed by atoms with Gasteiger partial charge >= 0.3 is 5.97 Å². The zero-order chi connectivity index (χ0) is 18.7. The van der Waals surface area contributed by atoms with Gasteiger partial charge in [-0.15, -0.1) is 0 Å². The van der Waals surface area contributed by atoms with E-state index in [4.69, 9.17) is 14.2 Å². The first-order chi connectivity index (χ1) is 13.1.